The Labute approximate surface area is 159 Å². The van der Waals surface area contributed by atoms with Gasteiger partial charge in [-0.3, -0.25) is 15.0 Å². The highest BCUT2D eigenvalue weighted by atomic mass is 79.9. The van der Waals surface area contributed by atoms with Gasteiger partial charge in [0.1, 0.15) is 11.3 Å². The first-order valence-electron chi connectivity index (χ1n) is 6.67. The van der Waals surface area contributed by atoms with E-state index in [-0.39, 0.29) is 11.3 Å². The summed E-state index contributed by atoms with van der Waals surface area (Å²) in [5.74, 6) is -1.13. The predicted molar refractivity (Wildman–Crippen MR) is 98.6 cm³/mol. The van der Waals surface area contributed by atoms with Gasteiger partial charge in [-0.2, -0.15) is 0 Å². The van der Waals surface area contributed by atoms with E-state index in [2.05, 4.69) is 37.3 Å². The lowest BCUT2D eigenvalue weighted by molar-refractivity contribution is -0.117. The van der Waals surface area contributed by atoms with E-state index in [1.54, 1.807) is 36.4 Å². The second-order valence-corrected chi connectivity index (χ2v) is 7.15. The molecule has 0 unspecified atom stereocenters. The minimum Gasteiger partial charge on any atom is -0.506 e. The van der Waals surface area contributed by atoms with Gasteiger partial charge in [0, 0.05) is 15.1 Å². The molecule has 2 amide bonds. The normalized spacial score (nSPS) is 16.0. The average molecular weight is 473 g/mol. The summed E-state index contributed by atoms with van der Waals surface area (Å²) in [6.45, 7) is 0. The molecule has 3 rings (SSSR count). The molecule has 2 aromatic rings. The Hall–Kier alpha value is -1.83. The summed E-state index contributed by atoms with van der Waals surface area (Å²) in [6.07, 6.45) is 1.35. The first-order valence-corrected chi connectivity index (χ1v) is 8.64. The lowest BCUT2D eigenvalue weighted by Gasteiger charge is -2.14. The highest BCUT2D eigenvalue weighted by Crippen LogP contribution is 2.34. The molecule has 1 aliphatic rings. The van der Waals surface area contributed by atoms with Crippen LogP contribution >= 0.6 is 43.5 Å². The molecule has 24 heavy (non-hydrogen) atoms. The number of benzene rings is 2. The van der Waals surface area contributed by atoms with Crippen molar-refractivity contribution in [1.29, 1.82) is 0 Å². The van der Waals surface area contributed by atoms with E-state index in [0.717, 1.165) is 5.01 Å². The van der Waals surface area contributed by atoms with Crippen LogP contribution in [0.5, 0.6) is 5.75 Å². The Bertz CT molecular complexity index is 882. The number of phenols is 1. The van der Waals surface area contributed by atoms with E-state index in [9.17, 15) is 14.7 Å². The lowest BCUT2D eigenvalue weighted by Crippen LogP contribution is -2.35. The van der Waals surface area contributed by atoms with Crippen LogP contribution in [0.3, 0.4) is 0 Å². The molecule has 5 nitrogen and oxygen atoms in total. The number of carbonyl (C=O) groups is 2. The Morgan fingerprint density at radius 2 is 1.79 bits per heavy atom. The van der Waals surface area contributed by atoms with E-state index in [1.807, 2.05) is 0 Å². The van der Waals surface area contributed by atoms with Gasteiger partial charge in [0.05, 0.1) is 10.2 Å². The molecule has 0 spiro atoms. The molecule has 0 aliphatic carbocycles. The predicted octanol–water partition coefficient (Wildman–Crippen LogP) is 4.03. The van der Waals surface area contributed by atoms with Gasteiger partial charge in [-0.1, -0.05) is 27.5 Å². The van der Waals surface area contributed by atoms with Crippen molar-refractivity contribution in [2.45, 2.75) is 0 Å². The largest absolute Gasteiger partial charge is 0.506 e. The van der Waals surface area contributed by atoms with Gasteiger partial charge < -0.3 is 5.11 Å². The summed E-state index contributed by atoms with van der Waals surface area (Å²) in [5, 5.41) is 11.7. The summed E-state index contributed by atoms with van der Waals surface area (Å²) < 4.78 is 1.14. The number of phenolic OH excluding ortho intramolecular Hbond substituents is 1. The van der Waals surface area contributed by atoms with Crippen LogP contribution in [0.4, 0.5) is 5.69 Å². The monoisotopic (exact) mass is 470 g/mol. The lowest BCUT2D eigenvalue weighted by atomic mass is 10.1. The van der Waals surface area contributed by atoms with Crippen LogP contribution in [0.15, 0.2) is 50.9 Å². The fraction of sp³-hybridized carbons (Fsp3) is 0. The number of halogens is 3. The van der Waals surface area contributed by atoms with Gasteiger partial charge in [-0.15, -0.1) is 0 Å². The van der Waals surface area contributed by atoms with Crippen LogP contribution in [0.1, 0.15) is 5.56 Å². The van der Waals surface area contributed by atoms with Crippen LogP contribution in [0.25, 0.3) is 6.08 Å². The van der Waals surface area contributed by atoms with Crippen molar-refractivity contribution >= 4 is 67.0 Å². The number of hydrogen-bond acceptors (Lipinski definition) is 3. The molecule has 0 atom stereocenters. The number of nitrogens with zero attached hydrogens (tertiary/aromatic N) is 1. The average Bonchev–Trinajstić information content (AvgIpc) is 2.81. The van der Waals surface area contributed by atoms with Crippen molar-refractivity contribution in [3.8, 4) is 5.75 Å². The van der Waals surface area contributed by atoms with Gasteiger partial charge in [0.2, 0.25) is 0 Å². The number of hydrogen-bond donors (Lipinski definition) is 2. The zero-order valence-corrected chi connectivity index (χ0v) is 15.8. The SMILES string of the molecule is O=C1NN(c2ccc(Cl)cc2)C(=O)/C1=C\c1cc(Br)cc(Br)c1O. The summed E-state index contributed by atoms with van der Waals surface area (Å²) >= 11 is 12.3. The van der Waals surface area contributed by atoms with Gasteiger partial charge in [0.25, 0.3) is 11.8 Å². The minimum atomic E-state index is -0.551. The zero-order valence-electron chi connectivity index (χ0n) is 11.9. The number of rotatable bonds is 2. The molecule has 2 aromatic carbocycles. The first kappa shape index (κ1) is 17.0. The molecule has 122 valence electrons. The minimum absolute atomic E-state index is 0.0590. The number of hydrazine groups is 1. The summed E-state index contributed by atoms with van der Waals surface area (Å²) in [6, 6.07) is 9.75. The van der Waals surface area contributed by atoms with Crippen molar-refractivity contribution in [1.82, 2.24) is 5.43 Å². The van der Waals surface area contributed by atoms with E-state index >= 15 is 0 Å². The number of aromatic hydroxyl groups is 1. The maximum absolute atomic E-state index is 12.5. The van der Waals surface area contributed by atoms with E-state index < -0.39 is 11.8 Å². The standard InChI is InChI=1S/C16H9Br2ClN2O3/c17-9-5-8(14(22)13(18)7-9)6-12-15(23)20-21(16(12)24)11-3-1-10(19)2-4-11/h1-7,22H,(H,20,23)/b12-6-. The molecule has 0 bridgehead atoms. The maximum atomic E-state index is 12.5. The molecule has 0 radical (unpaired) electrons. The maximum Gasteiger partial charge on any atom is 0.282 e. The molecule has 1 aliphatic heterocycles. The number of carbonyl (C=O) groups excluding carboxylic acids is 2. The fourth-order valence-corrected chi connectivity index (χ4v) is 3.57. The Morgan fingerprint density at radius 1 is 1.12 bits per heavy atom. The van der Waals surface area contributed by atoms with E-state index in [0.29, 0.717) is 25.2 Å². The Kier molecular flexibility index (Phi) is 4.67. The third-order valence-electron chi connectivity index (χ3n) is 3.33. The van der Waals surface area contributed by atoms with Crippen molar-refractivity contribution in [2.75, 3.05) is 5.01 Å². The van der Waals surface area contributed by atoms with Crippen LogP contribution in [0, 0.1) is 0 Å². The van der Waals surface area contributed by atoms with Gasteiger partial charge >= 0.3 is 0 Å². The smallest absolute Gasteiger partial charge is 0.282 e. The molecule has 0 aromatic heterocycles. The van der Waals surface area contributed by atoms with Gasteiger partial charge in [-0.25, -0.2) is 5.01 Å². The second-order valence-electron chi connectivity index (χ2n) is 4.94. The quantitative estimate of drug-likeness (QED) is 0.512. The molecule has 2 N–H and O–H groups in total. The van der Waals surface area contributed by atoms with Crippen LogP contribution < -0.4 is 10.4 Å². The van der Waals surface area contributed by atoms with E-state index in [1.165, 1.54) is 6.08 Å². The van der Waals surface area contributed by atoms with Gasteiger partial charge in [-0.05, 0) is 58.4 Å². The van der Waals surface area contributed by atoms with Crippen LogP contribution in [-0.2, 0) is 9.59 Å². The van der Waals surface area contributed by atoms with Crippen molar-refractivity contribution in [3.05, 3.63) is 61.5 Å². The summed E-state index contributed by atoms with van der Waals surface area (Å²) in [7, 11) is 0. The molecular weight excluding hydrogens is 463 g/mol. The Morgan fingerprint density at radius 3 is 2.46 bits per heavy atom. The number of nitrogens with one attached hydrogen (secondary N) is 1. The topological polar surface area (TPSA) is 69.6 Å². The second kappa shape index (κ2) is 6.58. The third kappa shape index (κ3) is 3.19. The zero-order chi connectivity index (χ0) is 17.4. The highest BCUT2D eigenvalue weighted by molar-refractivity contribution is 9.11. The number of amides is 2. The van der Waals surface area contributed by atoms with Crippen molar-refractivity contribution in [2.24, 2.45) is 0 Å². The molecule has 0 saturated carbocycles. The molecule has 1 heterocycles. The molecular formula is C16H9Br2ClN2O3. The molecule has 8 heteroatoms. The number of anilines is 1. The third-order valence-corrected chi connectivity index (χ3v) is 4.65. The summed E-state index contributed by atoms with van der Waals surface area (Å²) in [4.78, 5) is 24.7. The van der Waals surface area contributed by atoms with Crippen LogP contribution in [-0.4, -0.2) is 16.9 Å². The Balaban J connectivity index is 1.99. The first-order chi connectivity index (χ1) is 11.4. The molecule has 1 saturated heterocycles. The van der Waals surface area contributed by atoms with Gasteiger partial charge in [0.15, 0.2) is 0 Å². The summed E-state index contributed by atoms with van der Waals surface area (Å²) in [5.41, 5.74) is 3.24. The van der Waals surface area contributed by atoms with Crippen molar-refractivity contribution in [3.63, 3.8) is 0 Å². The molecule has 1 fully saturated rings. The van der Waals surface area contributed by atoms with E-state index in [4.69, 9.17) is 11.6 Å². The fourth-order valence-electron chi connectivity index (χ4n) is 2.18. The highest BCUT2D eigenvalue weighted by Gasteiger charge is 2.34. The van der Waals surface area contributed by atoms with Crippen LogP contribution in [0.2, 0.25) is 5.02 Å². The van der Waals surface area contributed by atoms with Crippen molar-refractivity contribution < 1.29 is 14.7 Å².